The molecule has 0 saturated heterocycles. The van der Waals surface area contributed by atoms with Crippen molar-refractivity contribution in [2.24, 2.45) is 17.6 Å². The molecule has 21 heavy (non-hydrogen) atoms. The van der Waals surface area contributed by atoms with Gasteiger partial charge in [-0.3, -0.25) is 0 Å². The van der Waals surface area contributed by atoms with Crippen molar-refractivity contribution in [2.75, 3.05) is 6.54 Å². The first-order chi connectivity index (χ1) is 9.99. The lowest BCUT2D eigenvalue weighted by atomic mass is 9.94. The molecule has 0 aliphatic heterocycles. The minimum absolute atomic E-state index is 0.178. The maximum atomic E-state index is 9.50. The fraction of sp³-hybridized carbons (Fsp3) is 0.467. The SMILES string of the molecule is CC(C)C[C@H](CN)Cc1nc(-c2ccc(O)c(O)c2)no1. The minimum atomic E-state index is -0.210. The molecule has 2 aromatic rings. The minimum Gasteiger partial charge on any atom is -0.504 e. The van der Waals surface area contributed by atoms with Crippen molar-refractivity contribution in [3.05, 3.63) is 24.1 Å². The van der Waals surface area contributed by atoms with Crippen LogP contribution in [0, 0.1) is 11.8 Å². The summed E-state index contributed by atoms with van der Waals surface area (Å²) in [6.07, 6.45) is 1.65. The summed E-state index contributed by atoms with van der Waals surface area (Å²) < 4.78 is 5.24. The van der Waals surface area contributed by atoms with Crippen molar-refractivity contribution in [3.8, 4) is 22.9 Å². The van der Waals surface area contributed by atoms with Gasteiger partial charge in [0, 0.05) is 12.0 Å². The highest BCUT2D eigenvalue weighted by atomic mass is 16.5. The number of phenolic OH excluding ortho intramolecular Hbond substituents is 2. The molecule has 0 amide bonds. The fourth-order valence-corrected chi connectivity index (χ4v) is 2.29. The van der Waals surface area contributed by atoms with Gasteiger partial charge in [-0.25, -0.2) is 0 Å². The van der Waals surface area contributed by atoms with E-state index in [1.165, 1.54) is 12.1 Å². The van der Waals surface area contributed by atoms with Crippen LogP contribution in [0.3, 0.4) is 0 Å². The Bertz CT molecular complexity index is 596. The van der Waals surface area contributed by atoms with Crippen LogP contribution in [0.25, 0.3) is 11.4 Å². The van der Waals surface area contributed by atoms with Crippen LogP contribution >= 0.6 is 0 Å². The van der Waals surface area contributed by atoms with Gasteiger partial charge in [-0.1, -0.05) is 19.0 Å². The number of hydrogen-bond donors (Lipinski definition) is 3. The smallest absolute Gasteiger partial charge is 0.227 e. The molecule has 0 unspecified atom stereocenters. The van der Waals surface area contributed by atoms with E-state index in [-0.39, 0.29) is 11.5 Å². The number of aromatic hydroxyl groups is 2. The number of nitrogens with two attached hydrogens (primary N) is 1. The average Bonchev–Trinajstić information content (AvgIpc) is 2.89. The molecule has 0 spiro atoms. The second kappa shape index (κ2) is 6.58. The molecular weight excluding hydrogens is 270 g/mol. The van der Waals surface area contributed by atoms with Crippen molar-refractivity contribution in [3.63, 3.8) is 0 Å². The van der Waals surface area contributed by atoms with E-state index in [0.717, 1.165) is 6.42 Å². The third-order valence-corrected chi connectivity index (χ3v) is 3.30. The topological polar surface area (TPSA) is 105 Å². The molecule has 1 heterocycles. The van der Waals surface area contributed by atoms with Crippen molar-refractivity contribution in [1.29, 1.82) is 0 Å². The number of nitrogens with zero attached hydrogens (tertiary/aromatic N) is 2. The summed E-state index contributed by atoms with van der Waals surface area (Å²) in [7, 11) is 0. The van der Waals surface area contributed by atoms with Gasteiger partial charge in [-0.05, 0) is 43.0 Å². The molecule has 6 nitrogen and oxygen atoms in total. The quantitative estimate of drug-likeness (QED) is 0.705. The number of aromatic nitrogens is 2. The first-order valence-corrected chi connectivity index (χ1v) is 7.04. The predicted molar refractivity (Wildman–Crippen MR) is 78.8 cm³/mol. The molecular formula is C15H21N3O3. The lowest BCUT2D eigenvalue weighted by Crippen LogP contribution is -2.19. The monoisotopic (exact) mass is 291 g/mol. The first-order valence-electron chi connectivity index (χ1n) is 7.04. The van der Waals surface area contributed by atoms with E-state index in [4.69, 9.17) is 10.3 Å². The third kappa shape index (κ3) is 3.95. The molecule has 0 saturated carbocycles. The van der Waals surface area contributed by atoms with Gasteiger partial charge in [-0.15, -0.1) is 0 Å². The summed E-state index contributed by atoms with van der Waals surface area (Å²) in [6.45, 7) is 4.89. The van der Waals surface area contributed by atoms with Gasteiger partial charge in [0.1, 0.15) is 0 Å². The largest absolute Gasteiger partial charge is 0.504 e. The van der Waals surface area contributed by atoms with E-state index < -0.39 is 0 Å². The fourth-order valence-electron chi connectivity index (χ4n) is 2.29. The Hall–Kier alpha value is -2.08. The van der Waals surface area contributed by atoms with Crippen molar-refractivity contribution in [1.82, 2.24) is 10.1 Å². The second-order valence-corrected chi connectivity index (χ2v) is 5.65. The van der Waals surface area contributed by atoms with E-state index in [2.05, 4.69) is 24.0 Å². The lowest BCUT2D eigenvalue weighted by Gasteiger charge is -2.14. The maximum Gasteiger partial charge on any atom is 0.227 e. The first kappa shape index (κ1) is 15.3. The molecule has 0 bridgehead atoms. The van der Waals surface area contributed by atoms with E-state index in [9.17, 15) is 10.2 Å². The number of benzene rings is 1. The summed E-state index contributed by atoms with van der Waals surface area (Å²) in [4.78, 5) is 4.32. The Balaban J connectivity index is 2.11. The molecule has 4 N–H and O–H groups in total. The summed E-state index contributed by atoms with van der Waals surface area (Å²) in [5.41, 5.74) is 6.36. The van der Waals surface area contributed by atoms with Gasteiger partial charge in [0.15, 0.2) is 11.5 Å². The van der Waals surface area contributed by atoms with Crippen LogP contribution in [0.2, 0.25) is 0 Å². The Kier molecular flexibility index (Phi) is 4.80. The van der Waals surface area contributed by atoms with Gasteiger partial charge in [-0.2, -0.15) is 4.98 Å². The van der Waals surface area contributed by atoms with Crippen molar-refractivity contribution < 1.29 is 14.7 Å². The Morgan fingerprint density at radius 3 is 2.62 bits per heavy atom. The van der Waals surface area contributed by atoms with E-state index >= 15 is 0 Å². The summed E-state index contributed by atoms with van der Waals surface area (Å²) in [5, 5.41) is 22.7. The molecule has 0 aliphatic carbocycles. The Morgan fingerprint density at radius 1 is 1.24 bits per heavy atom. The molecule has 114 valence electrons. The highest BCUT2D eigenvalue weighted by Gasteiger charge is 2.16. The third-order valence-electron chi connectivity index (χ3n) is 3.30. The predicted octanol–water partition coefficient (Wildman–Crippen LogP) is 2.31. The Morgan fingerprint density at radius 2 is 2.00 bits per heavy atom. The lowest BCUT2D eigenvalue weighted by molar-refractivity contribution is 0.332. The van der Waals surface area contributed by atoms with Crippen LogP contribution in [-0.4, -0.2) is 26.9 Å². The molecule has 1 aromatic heterocycles. The van der Waals surface area contributed by atoms with Gasteiger partial charge in [0.2, 0.25) is 11.7 Å². The van der Waals surface area contributed by atoms with Crippen LogP contribution in [0.4, 0.5) is 0 Å². The molecule has 0 radical (unpaired) electrons. The van der Waals surface area contributed by atoms with Crippen LogP contribution < -0.4 is 5.73 Å². The standard InChI is InChI=1S/C15H21N3O3/c1-9(2)5-10(8-16)6-14-17-15(18-21-14)11-3-4-12(19)13(20)7-11/h3-4,7,9-10,19-20H,5-6,8,16H2,1-2H3/t10-/m0/s1. The zero-order valence-electron chi connectivity index (χ0n) is 12.3. The highest BCUT2D eigenvalue weighted by Crippen LogP contribution is 2.29. The van der Waals surface area contributed by atoms with Gasteiger partial charge in [0.25, 0.3) is 0 Å². The summed E-state index contributed by atoms with van der Waals surface area (Å²) in [5.74, 6) is 1.41. The highest BCUT2D eigenvalue weighted by molar-refractivity contribution is 5.59. The summed E-state index contributed by atoms with van der Waals surface area (Å²) >= 11 is 0. The van der Waals surface area contributed by atoms with E-state index in [1.54, 1.807) is 6.07 Å². The van der Waals surface area contributed by atoms with E-state index in [0.29, 0.717) is 42.1 Å². The number of rotatable bonds is 6. The van der Waals surface area contributed by atoms with Crippen LogP contribution in [0.1, 0.15) is 26.2 Å². The van der Waals surface area contributed by atoms with Gasteiger partial charge in [0.05, 0.1) is 0 Å². The zero-order valence-corrected chi connectivity index (χ0v) is 12.3. The molecule has 1 aromatic carbocycles. The molecule has 1 atom stereocenters. The molecule has 2 rings (SSSR count). The van der Waals surface area contributed by atoms with E-state index in [1.807, 2.05) is 0 Å². The van der Waals surface area contributed by atoms with Crippen molar-refractivity contribution in [2.45, 2.75) is 26.7 Å². The van der Waals surface area contributed by atoms with Gasteiger partial charge >= 0.3 is 0 Å². The van der Waals surface area contributed by atoms with Gasteiger partial charge < -0.3 is 20.5 Å². The molecule has 6 heteroatoms. The van der Waals surface area contributed by atoms with Crippen molar-refractivity contribution >= 4 is 0 Å². The van der Waals surface area contributed by atoms with Crippen LogP contribution in [0.5, 0.6) is 11.5 Å². The Labute approximate surface area is 123 Å². The number of hydrogen-bond acceptors (Lipinski definition) is 6. The summed E-state index contributed by atoms with van der Waals surface area (Å²) in [6, 6.07) is 4.42. The molecule has 0 aliphatic rings. The van der Waals surface area contributed by atoms with Crippen LogP contribution in [-0.2, 0) is 6.42 Å². The molecule has 0 fully saturated rings. The maximum absolute atomic E-state index is 9.50. The zero-order chi connectivity index (χ0) is 15.4. The van der Waals surface area contributed by atoms with Crippen LogP contribution in [0.15, 0.2) is 22.7 Å². The normalized spacial score (nSPS) is 12.8. The number of phenols is 2. The average molecular weight is 291 g/mol. The second-order valence-electron chi connectivity index (χ2n) is 5.65.